The molecular formula is C19H23Br2F2N3O5. The van der Waals surface area contributed by atoms with Gasteiger partial charge >= 0.3 is 0 Å². The molecule has 2 aromatic rings. The van der Waals surface area contributed by atoms with Crippen LogP contribution in [0.1, 0.15) is 25.8 Å². The first-order valence-corrected chi connectivity index (χ1v) is 10.4. The van der Waals surface area contributed by atoms with E-state index in [-0.39, 0.29) is 21.4 Å². The maximum Gasteiger partial charge on any atom is 0.273 e. The van der Waals surface area contributed by atoms with E-state index >= 15 is 0 Å². The molecule has 0 heterocycles. The van der Waals surface area contributed by atoms with E-state index in [1.54, 1.807) is 6.07 Å². The van der Waals surface area contributed by atoms with Gasteiger partial charge in [0, 0.05) is 28.2 Å². The molecule has 0 aliphatic carbocycles. The third-order valence-corrected chi connectivity index (χ3v) is 5.23. The second kappa shape index (κ2) is 14.8. The van der Waals surface area contributed by atoms with Crippen LogP contribution >= 0.6 is 31.9 Å². The van der Waals surface area contributed by atoms with Crippen LogP contribution in [0.3, 0.4) is 0 Å². The minimum atomic E-state index is -2.71. The highest BCUT2D eigenvalue weighted by Gasteiger charge is 2.16. The molecule has 31 heavy (non-hydrogen) atoms. The Kier molecular flexibility index (Phi) is 13.7. The van der Waals surface area contributed by atoms with Gasteiger partial charge in [-0.2, -0.15) is 0 Å². The Morgan fingerprint density at radius 2 is 1.42 bits per heavy atom. The molecule has 0 bridgehead atoms. The average Bonchev–Trinajstić information content (AvgIpc) is 2.74. The van der Waals surface area contributed by atoms with Gasteiger partial charge in [-0.1, -0.05) is 29.8 Å². The van der Waals surface area contributed by atoms with E-state index in [0.29, 0.717) is 10.2 Å². The lowest BCUT2D eigenvalue weighted by atomic mass is 10.2. The van der Waals surface area contributed by atoms with Gasteiger partial charge < -0.3 is 9.64 Å². The standard InChI is InChI=1S/C7H4BrF2NO2.C7H6BrNO3.C5H13N/c8-6-2-1-4(11(12)13)3-5(6)7(9)10;1-12-7-4-5(9(10)11)2-3-6(7)8;1-4-6(3)5-2/h1-3,7H;2-4H,1H3;4-5H2,1-3H3. The van der Waals surface area contributed by atoms with Crippen molar-refractivity contribution >= 4 is 43.2 Å². The van der Waals surface area contributed by atoms with Gasteiger partial charge in [-0.25, -0.2) is 8.78 Å². The van der Waals surface area contributed by atoms with Crippen LogP contribution in [0.2, 0.25) is 0 Å². The summed E-state index contributed by atoms with van der Waals surface area (Å²) in [6.07, 6.45) is -2.71. The van der Waals surface area contributed by atoms with Crippen LogP contribution in [-0.4, -0.2) is 42.0 Å². The number of ether oxygens (including phenoxy) is 1. The number of hydrogen-bond donors (Lipinski definition) is 0. The Morgan fingerprint density at radius 3 is 1.77 bits per heavy atom. The van der Waals surface area contributed by atoms with Gasteiger partial charge in [0.05, 0.1) is 27.5 Å². The zero-order valence-electron chi connectivity index (χ0n) is 17.4. The van der Waals surface area contributed by atoms with E-state index in [4.69, 9.17) is 4.74 Å². The molecular weight excluding hydrogens is 548 g/mol. The van der Waals surface area contributed by atoms with Gasteiger partial charge in [0.15, 0.2) is 0 Å². The number of nitrogens with zero attached hydrogens (tertiary/aromatic N) is 3. The second-order valence-electron chi connectivity index (χ2n) is 5.83. The molecule has 0 N–H and O–H groups in total. The lowest BCUT2D eigenvalue weighted by molar-refractivity contribution is -0.385. The minimum absolute atomic E-state index is 0.0232. The zero-order chi connectivity index (χ0) is 24.1. The van der Waals surface area contributed by atoms with Gasteiger partial charge in [-0.3, -0.25) is 20.2 Å². The fourth-order valence-electron chi connectivity index (χ4n) is 1.80. The molecule has 0 saturated heterocycles. The Labute approximate surface area is 195 Å². The molecule has 12 heteroatoms. The number of benzene rings is 2. The van der Waals surface area contributed by atoms with E-state index in [0.717, 1.165) is 25.2 Å². The van der Waals surface area contributed by atoms with Crippen molar-refractivity contribution in [2.75, 3.05) is 27.2 Å². The summed E-state index contributed by atoms with van der Waals surface area (Å²) in [5, 5.41) is 20.5. The number of alkyl halides is 2. The largest absolute Gasteiger partial charge is 0.495 e. The Hall–Kier alpha value is -2.18. The topological polar surface area (TPSA) is 98.8 Å². The molecule has 2 aromatic carbocycles. The van der Waals surface area contributed by atoms with Crippen molar-refractivity contribution in [1.82, 2.24) is 4.90 Å². The summed E-state index contributed by atoms with van der Waals surface area (Å²) in [5.41, 5.74) is -0.678. The first-order valence-electron chi connectivity index (χ1n) is 8.86. The van der Waals surface area contributed by atoms with Crippen LogP contribution in [-0.2, 0) is 0 Å². The zero-order valence-corrected chi connectivity index (χ0v) is 20.5. The Balaban J connectivity index is 0.000000466. The normalized spacial score (nSPS) is 10.0. The van der Waals surface area contributed by atoms with Crippen LogP contribution in [0.4, 0.5) is 20.2 Å². The molecule has 0 aromatic heterocycles. The third kappa shape index (κ3) is 10.6. The molecule has 0 radical (unpaired) electrons. The highest BCUT2D eigenvalue weighted by Crippen LogP contribution is 2.30. The maximum atomic E-state index is 12.2. The van der Waals surface area contributed by atoms with Crippen molar-refractivity contribution in [2.45, 2.75) is 20.3 Å². The fourth-order valence-corrected chi connectivity index (χ4v) is 2.63. The first kappa shape index (κ1) is 28.8. The molecule has 172 valence electrons. The summed E-state index contributed by atoms with van der Waals surface area (Å²) in [6.45, 7) is 6.64. The van der Waals surface area contributed by atoms with Crippen molar-refractivity contribution in [3.8, 4) is 5.75 Å². The van der Waals surface area contributed by atoms with E-state index < -0.39 is 16.3 Å². The minimum Gasteiger partial charge on any atom is -0.495 e. The van der Waals surface area contributed by atoms with Crippen LogP contribution in [0.25, 0.3) is 0 Å². The molecule has 0 unspecified atom stereocenters. The second-order valence-corrected chi connectivity index (χ2v) is 7.54. The van der Waals surface area contributed by atoms with E-state index in [9.17, 15) is 29.0 Å². The van der Waals surface area contributed by atoms with Crippen LogP contribution < -0.4 is 4.74 Å². The SMILES string of the molecule is CCN(C)CC.COc1cc([N+](=O)[O-])ccc1Br.O=[N+]([O-])c1ccc(Br)c(C(F)F)c1. The summed E-state index contributed by atoms with van der Waals surface area (Å²) >= 11 is 6.07. The van der Waals surface area contributed by atoms with Crippen molar-refractivity contribution < 1.29 is 23.4 Å². The Morgan fingerprint density at radius 1 is 0.968 bits per heavy atom. The van der Waals surface area contributed by atoms with Gasteiger partial charge in [-0.05, 0) is 48.2 Å². The lowest BCUT2D eigenvalue weighted by Gasteiger charge is -2.07. The molecule has 0 aliphatic heterocycles. The monoisotopic (exact) mass is 569 g/mol. The van der Waals surface area contributed by atoms with E-state index in [1.165, 1.54) is 25.3 Å². The molecule has 0 fully saturated rings. The Bertz CT molecular complexity index is 868. The smallest absolute Gasteiger partial charge is 0.273 e. The fraction of sp³-hybridized carbons (Fsp3) is 0.368. The summed E-state index contributed by atoms with van der Waals surface area (Å²) in [5.74, 6) is 0.462. The highest BCUT2D eigenvalue weighted by atomic mass is 79.9. The first-order chi connectivity index (χ1) is 14.5. The summed E-state index contributed by atoms with van der Waals surface area (Å²) in [6, 6.07) is 7.61. The number of non-ortho nitro benzene ring substituents is 2. The van der Waals surface area contributed by atoms with Crippen LogP contribution in [0.15, 0.2) is 45.3 Å². The maximum absolute atomic E-state index is 12.2. The van der Waals surface area contributed by atoms with E-state index in [2.05, 4.69) is 57.7 Å². The summed E-state index contributed by atoms with van der Waals surface area (Å²) in [7, 11) is 3.57. The molecule has 2 rings (SSSR count). The molecule has 8 nitrogen and oxygen atoms in total. The van der Waals surface area contributed by atoms with Gasteiger partial charge in [-0.15, -0.1) is 0 Å². The predicted molar refractivity (Wildman–Crippen MR) is 122 cm³/mol. The third-order valence-electron chi connectivity index (χ3n) is 3.85. The highest BCUT2D eigenvalue weighted by molar-refractivity contribution is 9.10. The van der Waals surface area contributed by atoms with E-state index in [1.807, 2.05) is 0 Å². The van der Waals surface area contributed by atoms with Gasteiger partial charge in [0.2, 0.25) is 0 Å². The van der Waals surface area contributed by atoms with Gasteiger partial charge in [0.25, 0.3) is 17.8 Å². The number of methoxy groups -OCH3 is 1. The number of hydrogen-bond acceptors (Lipinski definition) is 6. The average molecular weight is 571 g/mol. The number of nitro groups is 2. The number of halogens is 4. The molecule has 0 amide bonds. The molecule has 0 saturated carbocycles. The predicted octanol–water partition coefficient (Wildman–Crippen LogP) is 6.62. The number of rotatable bonds is 6. The molecule has 0 atom stereocenters. The summed E-state index contributed by atoms with van der Waals surface area (Å²) in [4.78, 5) is 21.6. The van der Waals surface area contributed by atoms with Crippen molar-refractivity contribution in [3.63, 3.8) is 0 Å². The molecule has 0 spiro atoms. The number of nitro benzene ring substituents is 2. The van der Waals surface area contributed by atoms with Crippen LogP contribution in [0, 0.1) is 20.2 Å². The van der Waals surface area contributed by atoms with Crippen molar-refractivity contribution in [3.05, 3.63) is 71.1 Å². The van der Waals surface area contributed by atoms with Crippen molar-refractivity contribution in [1.29, 1.82) is 0 Å². The van der Waals surface area contributed by atoms with Crippen molar-refractivity contribution in [2.24, 2.45) is 0 Å². The van der Waals surface area contributed by atoms with Crippen LogP contribution in [0.5, 0.6) is 5.75 Å². The summed E-state index contributed by atoms with van der Waals surface area (Å²) < 4.78 is 30.2. The lowest BCUT2D eigenvalue weighted by Crippen LogP contribution is -2.15. The van der Waals surface area contributed by atoms with Gasteiger partial charge in [0.1, 0.15) is 5.75 Å². The molecule has 0 aliphatic rings. The quantitative estimate of drug-likeness (QED) is 0.286.